The van der Waals surface area contributed by atoms with Gasteiger partial charge in [0.1, 0.15) is 5.75 Å². The highest BCUT2D eigenvalue weighted by Gasteiger charge is 2.25. The summed E-state index contributed by atoms with van der Waals surface area (Å²) >= 11 is 1.62. The molecule has 19 heavy (non-hydrogen) atoms. The summed E-state index contributed by atoms with van der Waals surface area (Å²) in [6, 6.07) is 9.63. The average Bonchev–Trinajstić information content (AvgIpc) is 2.97. The van der Waals surface area contributed by atoms with Gasteiger partial charge in [-0.15, -0.1) is 0 Å². The molecule has 1 amide bonds. The number of ether oxygens (including phenoxy) is 1. The van der Waals surface area contributed by atoms with Crippen LogP contribution in [0.1, 0.15) is 5.56 Å². The van der Waals surface area contributed by atoms with E-state index < -0.39 is 6.10 Å². The van der Waals surface area contributed by atoms with Crippen LogP contribution < -0.4 is 15.4 Å². The fraction of sp³-hybridized carbons (Fsp3) is 0.214. The Hall–Kier alpha value is -2.01. The van der Waals surface area contributed by atoms with Gasteiger partial charge in [-0.3, -0.25) is 4.79 Å². The second-order valence-corrected chi connectivity index (χ2v) is 5.11. The first kappa shape index (κ1) is 12.0. The maximum absolute atomic E-state index is 12.0. The van der Waals surface area contributed by atoms with Crippen LogP contribution in [0.2, 0.25) is 0 Å². The SMILES string of the molecule is O=C(NCc1ccsc1)C1CNc2ccccc2O1. The Balaban J connectivity index is 1.60. The van der Waals surface area contributed by atoms with Crippen LogP contribution >= 0.6 is 11.3 Å². The number of hydrogen-bond acceptors (Lipinski definition) is 4. The molecule has 1 aromatic heterocycles. The lowest BCUT2D eigenvalue weighted by Crippen LogP contribution is -2.44. The summed E-state index contributed by atoms with van der Waals surface area (Å²) in [5.41, 5.74) is 2.05. The fourth-order valence-corrected chi connectivity index (χ4v) is 2.62. The Kier molecular flexibility index (Phi) is 3.37. The highest BCUT2D eigenvalue weighted by atomic mass is 32.1. The van der Waals surface area contributed by atoms with Crippen molar-refractivity contribution in [2.45, 2.75) is 12.6 Å². The number of para-hydroxylation sites is 2. The topological polar surface area (TPSA) is 50.4 Å². The Morgan fingerprint density at radius 1 is 1.42 bits per heavy atom. The van der Waals surface area contributed by atoms with Crippen LogP contribution in [0.25, 0.3) is 0 Å². The van der Waals surface area contributed by atoms with Crippen molar-refractivity contribution in [3.8, 4) is 5.75 Å². The molecule has 4 nitrogen and oxygen atoms in total. The first-order chi connectivity index (χ1) is 9.33. The number of hydrogen-bond donors (Lipinski definition) is 2. The predicted octanol–water partition coefficient (Wildman–Crippen LogP) is 2.24. The van der Waals surface area contributed by atoms with Gasteiger partial charge in [-0.05, 0) is 34.5 Å². The third-order valence-corrected chi connectivity index (χ3v) is 3.71. The molecule has 0 aliphatic carbocycles. The lowest BCUT2D eigenvalue weighted by atomic mass is 10.2. The van der Waals surface area contributed by atoms with Gasteiger partial charge in [0.2, 0.25) is 0 Å². The number of carbonyl (C=O) groups excluding carboxylic acids is 1. The third-order valence-electron chi connectivity index (χ3n) is 2.97. The summed E-state index contributed by atoms with van der Waals surface area (Å²) in [7, 11) is 0. The minimum absolute atomic E-state index is 0.0896. The van der Waals surface area contributed by atoms with Gasteiger partial charge in [0.15, 0.2) is 6.10 Å². The molecule has 0 radical (unpaired) electrons. The lowest BCUT2D eigenvalue weighted by Gasteiger charge is -2.26. The molecule has 1 unspecified atom stereocenters. The Bertz CT molecular complexity index is 569. The number of fused-ring (bicyclic) bond motifs is 1. The van der Waals surface area contributed by atoms with Gasteiger partial charge in [0, 0.05) is 6.54 Å². The van der Waals surface area contributed by atoms with Gasteiger partial charge in [0.05, 0.1) is 12.2 Å². The number of rotatable bonds is 3. The van der Waals surface area contributed by atoms with E-state index in [9.17, 15) is 4.79 Å². The molecule has 0 saturated heterocycles. The quantitative estimate of drug-likeness (QED) is 0.902. The van der Waals surface area contributed by atoms with Crippen LogP contribution in [0.4, 0.5) is 5.69 Å². The van der Waals surface area contributed by atoms with E-state index in [0.29, 0.717) is 13.1 Å². The van der Waals surface area contributed by atoms with Crippen LogP contribution in [0, 0.1) is 0 Å². The molecule has 1 aliphatic rings. The molecule has 98 valence electrons. The van der Waals surface area contributed by atoms with E-state index in [-0.39, 0.29) is 5.91 Å². The third kappa shape index (κ3) is 2.71. The van der Waals surface area contributed by atoms with E-state index in [2.05, 4.69) is 10.6 Å². The van der Waals surface area contributed by atoms with Gasteiger partial charge in [0.25, 0.3) is 5.91 Å². The summed E-state index contributed by atoms with van der Waals surface area (Å²) in [6.45, 7) is 1.04. The van der Waals surface area contributed by atoms with E-state index >= 15 is 0 Å². The van der Waals surface area contributed by atoms with Crippen LogP contribution in [0.15, 0.2) is 41.1 Å². The molecular formula is C14H14N2O2S. The van der Waals surface area contributed by atoms with Crippen molar-refractivity contribution >= 4 is 22.9 Å². The summed E-state index contributed by atoms with van der Waals surface area (Å²) < 4.78 is 5.69. The molecule has 1 aliphatic heterocycles. The van der Waals surface area contributed by atoms with Crippen molar-refractivity contribution in [1.82, 2.24) is 5.32 Å². The molecule has 2 N–H and O–H groups in total. The predicted molar refractivity (Wildman–Crippen MR) is 75.5 cm³/mol. The zero-order valence-electron chi connectivity index (χ0n) is 10.3. The van der Waals surface area contributed by atoms with Gasteiger partial charge in [-0.25, -0.2) is 0 Å². The first-order valence-electron chi connectivity index (χ1n) is 6.11. The Labute approximate surface area is 115 Å². The number of carbonyl (C=O) groups is 1. The fourth-order valence-electron chi connectivity index (χ4n) is 1.96. The summed E-state index contributed by atoms with van der Waals surface area (Å²) in [6.07, 6.45) is -0.478. The van der Waals surface area contributed by atoms with Crippen molar-refractivity contribution < 1.29 is 9.53 Å². The van der Waals surface area contributed by atoms with Crippen LogP contribution in [-0.2, 0) is 11.3 Å². The number of nitrogens with one attached hydrogen (secondary N) is 2. The summed E-state index contributed by atoms with van der Waals surface area (Å²) in [5, 5.41) is 10.1. The van der Waals surface area contributed by atoms with Crippen molar-refractivity contribution in [3.63, 3.8) is 0 Å². The van der Waals surface area contributed by atoms with Crippen LogP contribution in [0.5, 0.6) is 5.75 Å². The van der Waals surface area contributed by atoms with Gasteiger partial charge in [-0.1, -0.05) is 12.1 Å². The monoisotopic (exact) mass is 274 g/mol. The van der Waals surface area contributed by atoms with Gasteiger partial charge < -0.3 is 15.4 Å². The molecule has 1 aromatic carbocycles. The maximum atomic E-state index is 12.0. The largest absolute Gasteiger partial charge is 0.477 e. The number of thiophene rings is 1. The smallest absolute Gasteiger partial charge is 0.263 e. The van der Waals surface area contributed by atoms with Crippen molar-refractivity contribution in [2.24, 2.45) is 0 Å². The summed E-state index contributed by atoms with van der Waals surface area (Å²) in [5.74, 6) is 0.637. The lowest BCUT2D eigenvalue weighted by molar-refractivity contribution is -0.127. The van der Waals surface area contributed by atoms with E-state index in [4.69, 9.17) is 4.74 Å². The van der Waals surface area contributed by atoms with E-state index in [1.54, 1.807) is 11.3 Å². The standard InChI is InChI=1S/C14H14N2O2S/c17-14(16-7-10-5-6-19-9-10)13-8-15-11-3-1-2-4-12(11)18-13/h1-6,9,13,15H,7-8H2,(H,16,17). The number of amides is 1. The second kappa shape index (κ2) is 5.32. The Morgan fingerprint density at radius 3 is 3.16 bits per heavy atom. The minimum atomic E-state index is -0.478. The maximum Gasteiger partial charge on any atom is 0.263 e. The second-order valence-electron chi connectivity index (χ2n) is 4.33. The van der Waals surface area contributed by atoms with Gasteiger partial charge >= 0.3 is 0 Å². The normalized spacial score (nSPS) is 16.9. The zero-order valence-corrected chi connectivity index (χ0v) is 11.1. The molecule has 2 aromatic rings. The first-order valence-corrected chi connectivity index (χ1v) is 7.05. The number of benzene rings is 1. The molecule has 3 rings (SSSR count). The van der Waals surface area contributed by atoms with Crippen LogP contribution in [0.3, 0.4) is 0 Å². The molecule has 0 bridgehead atoms. The number of anilines is 1. The molecule has 0 saturated carbocycles. The highest BCUT2D eigenvalue weighted by molar-refractivity contribution is 7.07. The van der Waals surface area contributed by atoms with Crippen molar-refractivity contribution in [1.29, 1.82) is 0 Å². The van der Waals surface area contributed by atoms with Crippen molar-refractivity contribution in [3.05, 3.63) is 46.7 Å². The molecule has 2 heterocycles. The summed E-state index contributed by atoms with van der Waals surface area (Å²) in [4.78, 5) is 12.0. The average molecular weight is 274 g/mol. The molecule has 5 heteroatoms. The highest BCUT2D eigenvalue weighted by Crippen LogP contribution is 2.28. The van der Waals surface area contributed by atoms with Crippen LogP contribution in [-0.4, -0.2) is 18.6 Å². The minimum Gasteiger partial charge on any atom is -0.477 e. The van der Waals surface area contributed by atoms with E-state index in [1.165, 1.54) is 0 Å². The van der Waals surface area contributed by atoms with Crippen molar-refractivity contribution in [2.75, 3.05) is 11.9 Å². The zero-order chi connectivity index (χ0) is 13.1. The van der Waals surface area contributed by atoms with E-state index in [0.717, 1.165) is 17.0 Å². The van der Waals surface area contributed by atoms with Gasteiger partial charge in [-0.2, -0.15) is 11.3 Å². The van der Waals surface area contributed by atoms with E-state index in [1.807, 2.05) is 41.1 Å². The molecular weight excluding hydrogens is 260 g/mol. The molecule has 0 fully saturated rings. The molecule has 1 atom stereocenters. The molecule has 0 spiro atoms. The Morgan fingerprint density at radius 2 is 2.32 bits per heavy atom.